The third-order valence-electron chi connectivity index (χ3n) is 3.71. The van der Waals surface area contributed by atoms with E-state index in [1.165, 1.54) is 12.8 Å². The van der Waals surface area contributed by atoms with E-state index in [4.69, 9.17) is 15.2 Å². The molecule has 0 amide bonds. The van der Waals surface area contributed by atoms with Crippen molar-refractivity contribution in [2.24, 2.45) is 5.92 Å². The van der Waals surface area contributed by atoms with E-state index in [2.05, 4.69) is 13.8 Å². The van der Waals surface area contributed by atoms with Gasteiger partial charge in [-0.25, -0.2) is 0 Å². The molecule has 1 aliphatic rings. The smallest absolute Gasteiger partial charge is 0.145 e. The van der Waals surface area contributed by atoms with Crippen LogP contribution in [0.2, 0.25) is 0 Å². The predicted octanol–water partition coefficient (Wildman–Crippen LogP) is 4.02. The summed E-state index contributed by atoms with van der Waals surface area (Å²) >= 11 is 0. The lowest BCUT2D eigenvalue weighted by Gasteiger charge is -2.27. The summed E-state index contributed by atoms with van der Waals surface area (Å²) in [7, 11) is 0. The molecule has 0 bridgehead atoms. The molecule has 0 unspecified atom stereocenters. The number of nitrogen functional groups attached to an aromatic ring is 1. The summed E-state index contributed by atoms with van der Waals surface area (Å²) in [6, 6.07) is 5.72. The Hall–Kier alpha value is -1.38. The maximum absolute atomic E-state index is 6.04. The standard InChI is InChI=1S/C16H25NO2/c1-3-10-18-16-11-14(8-9-15(16)17)19-13-6-4-12(2)5-7-13/h8-9,11-13H,3-7,10,17H2,1-2H3. The van der Waals surface area contributed by atoms with Gasteiger partial charge in [0.15, 0.2) is 0 Å². The molecule has 1 aliphatic carbocycles. The number of hydrogen-bond donors (Lipinski definition) is 1. The van der Waals surface area contributed by atoms with Crippen LogP contribution in [0, 0.1) is 5.92 Å². The number of ether oxygens (including phenoxy) is 2. The fourth-order valence-corrected chi connectivity index (χ4v) is 2.46. The molecule has 0 aliphatic heterocycles. The second-order valence-electron chi connectivity index (χ2n) is 5.55. The van der Waals surface area contributed by atoms with Crippen molar-refractivity contribution in [2.45, 2.75) is 52.1 Å². The average Bonchev–Trinajstić information content (AvgIpc) is 2.42. The number of hydrogen-bond acceptors (Lipinski definition) is 3. The summed E-state index contributed by atoms with van der Waals surface area (Å²) in [5.41, 5.74) is 6.58. The first-order valence-corrected chi connectivity index (χ1v) is 7.38. The Kier molecular flexibility index (Phi) is 4.94. The first-order chi connectivity index (χ1) is 9.19. The maximum Gasteiger partial charge on any atom is 0.145 e. The zero-order valence-corrected chi connectivity index (χ0v) is 12.0. The number of benzene rings is 1. The van der Waals surface area contributed by atoms with E-state index in [1.54, 1.807) is 0 Å². The van der Waals surface area contributed by atoms with E-state index >= 15 is 0 Å². The van der Waals surface area contributed by atoms with Crippen LogP contribution in [0.15, 0.2) is 18.2 Å². The van der Waals surface area contributed by atoms with Gasteiger partial charge >= 0.3 is 0 Å². The lowest BCUT2D eigenvalue weighted by atomic mass is 9.89. The van der Waals surface area contributed by atoms with Crippen molar-refractivity contribution in [3.05, 3.63) is 18.2 Å². The van der Waals surface area contributed by atoms with E-state index in [9.17, 15) is 0 Å². The highest BCUT2D eigenvalue weighted by atomic mass is 16.5. The van der Waals surface area contributed by atoms with Gasteiger partial charge in [0.05, 0.1) is 18.4 Å². The molecule has 2 rings (SSSR count). The van der Waals surface area contributed by atoms with Gasteiger partial charge in [-0.1, -0.05) is 13.8 Å². The SMILES string of the molecule is CCCOc1cc(OC2CCC(C)CC2)ccc1N. The van der Waals surface area contributed by atoms with Crippen LogP contribution < -0.4 is 15.2 Å². The molecular weight excluding hydrogens is 238 g/mol. The van der Waals surface area contributed by atoms with Crippen molar-refractivity contribution in [1.29, 1.82) is 0 Å². The van der Waals surface area contributed by atoms with E-state index in [0.717, 1.165) is 36.7 Å². The molecule has 0 spiro atoms. The minimum Gasteiger partial charge on any atom is -0.491 e. The quantitative estimate of drug-likeness (QED) is 0.816. The van der Waals surface area contributed by atoms with Crippen LogP contribution in [0.5, 0.6) is 11.5 Å². The van der Waals surface area contributed by atoms with Crippen molar-refractivity contribution in [3.8, 4) is 11.5 Å². The maximum atomic E-state index is 6.04. The van der Waals surface area contributed by atoms with Crippen LogP contribution in [0.4, 0.5) is 5.69 Å². The molecule has 1 aromatic rings. The largest absolute Gasteiger partial charge is 0.491 e. The van der Waals surface area contributed by atoms with Gasteiger partial charge in [0.1, 0.15) is 11.5 Å². The molecule has 0 atom stereocenters. The summed E-state index contributed by atoms with van der Waals surface area (Å²) in [5.74, 6) is 2.46. The molecule has 19 heavy (non-hydrogen) atoms. The number of nitrogens with two attached hydrogens (primary N) is 1. The van der Waals surface area contributed by atoms with Crippen LogP contribution in [0.3, 0.4) is 0 Å². The summed E-state index contributed by atoms with van der Waals surface area (Å²) in [5, 5.41) is 0. The van der Waals surface area contributed by atoms with Crippen molar-refractivity contribution >= 4 is 5.69 Å². The van der Waals surface area contributed by atoms with Gasteiger partial charge < -0.3 is 15.2 Å². The molecule has 3 heteroatoms. The second kappa shape index (κ2) is 6.69. The van der Waals surface area contributed by atoms with Crippen LogP contribution in [0.25, 0.3) is 0 Å². The minimum absolute atomic E-state index is 0.346. The molecule has 0 saturated heterocycles. The Balaban J connectivity index is 1.96. The highest BCUT2D eigenvalue weighted by molar-refractivity contribution is 5.55. The highest BCUT2D eigenvalue weighted by Gasteiger charge is 2.19. The van der Waals surface area contributed by atoms with Crippen molar-refractivity contribution in [2.75, 3.05) is 12.3 Å². The third-order valence-corrected chi connectivity index (χ3v) is 3.71. The van der Waals surface area contributed by atoms with Gasteiger partial charge in [0, 0.05) is 6.07 Å². The summed E-state index contributed by atoms with van der Waals surface area (Å²) < 4.78 is 11.7. The van der Waals surface area contributed by atoms with Crippen molar-refractivity contribution in [1.82, 2.24) is 0 Å². The highest BCUT2D eigenvalue weighted by Crippen LogP contribution is 2.31. The zero-order valence-electron chi connectivity index (χ0n) is 12.0. The summed E-state index contributed by atoms with van der Waals surface area (Å²) in [4.78, 5) is 0. The lowest BCUT2D eigenvalue weighted by Crippen LogP contribution is -2.23. The lowest BCUT2D eigenvalue weighted by molar-refractivity contribution is 0.135. The Labute approximate surface area is 116 Å². The Morgan fingerprint density at radius 3 is 2.63 bits per heavy atom. The van der Waals surface area contributed by atoms with Gasteiger partial charge in [-0.2, -0.15) is 0 Å². The first kappa shape index (κ1) is 14.0. The molecule has 0 aromatic heterocycles. The monoisotopic (exact) mass is 263 g/mol. The van der Waals surface area contributed by atoms with Gasteiger partial charge in [-0.3, -0.25) is 0 Å². The van der Waals surface area contributed by atoms with E-state index in [1.807, 2.05) is 18.2 Å². The topological polar surface area (TPSA) is 44.5 Å². The molecule has 3 nitrogen and oxygen atoms in total. The zero-order chi connectivity index (χ0) is 13.7. The number of rotatable bonds is 5. The molecule has 2 N–H and O–H groups in total. The van der Waals surface area contributed by atoms with Gasteiger partial charge in [0.25, 0.3) is 0 Å². The summed E-state index contributed by atoms with van der Waals surface area (Å²) in [6.45, 7) is 5.09. The van der Waals surface area contributed by atoms with Gasteiger partial charge in [0.2, 0.25) is 0 Å². The van der Waals surface area contributed by atoms with E-state index in [0.29, 0.717) is 18.4 Å². The Morgan fingerprint density at radius 2 is 1.95 bits per heavy atom. The average molecular weight is 263 g/mol. The van der Waals surface area contributed by atoms with Crippen LogP contribution in [0.1, 0.15) is 46.0 Å². The molecular formula is C16H25NO2. The van der Waals surface area contributed by atoms with E-state index in [-0.39, 0.29) is 0 Å². The fourth-order valence-electron chi connectivity index (χ4n) is 2.46. The first-order valence-electron chi connectivity index (χ1n) is 7.38. The van der Waals surface area contributed by atoms with Crippen LogP contribution >= 0.6 is 0 Å². The Bertz CT molecular complexity index is 398. The fraction of sp³-hybridized carbons (Fsp3) is 0.625. The van der Waals surface area contributed by atoms with Crippen LogP contribution in [-0.2, 0) is 0 Å². The van der Waals surface area contributed by atoms with Crippen molar-refractivity contribution in [3.63, 3.8) is 0 Å². The molecule has 0 heterocycles. The normalized spacial score (nSPS) is 23.1. The second-order valence-corrected chi connectivity index (χ2v) is 5.55. The number of anilines is 1. The van der Waals surface area contributed by atoms with Crippen LogP contribution in [-0.4, -0.2) is 12.7 Å². The van der Waals surface area contributed by atoms with Crippen molar-refractivity contribution < 1.29 is 9.47 Å². The van der Waals surface area contributed by atoms with Gasteiger partial charge in [-0.15, -0.1) is 0 Å². The predicted molar refractivity (Wildman–Crippen MR) is 78.7 cm³/mol. The van der Waals surface area contributed by atoms with E-state index < -0.39 is 0 Å². The molecule has 0 radical (unpaired) electrons. The minimum atomic E-state index is 0.346. The summed E-state index contributed by atoms with van der Waals surface area (Å²) in [6.07, 6.45) is 6.15. The molecule has 106 valence electrons. The molecule has 1 aromatic carbocycles. The Morgan fingerprint density at radius 1 is 1.21 bits per heavy atom. The molecule has 1 saturated carbocycles. The molecule has 1 fully saturated rings. The third kappa shape index (κ3) is 4.05. The van der Waals surface area contributed by atoms with Gasteiger partial charge in [-0.05, 0) is 50.2 Å².